The number of guanidine groups is 1. The lowest BCUT2D eigenvalue weighted by Crippen LogP contribution is -2.44. The summed E-state index contributed by atoms with van der Waals surface area (Å²) < 4.78 is 16.0. The number of rotatable bonds is 8. The quantitative estimate of drug-likeness (QED) is 0.494. The summed E-state index contributed by atoms with van der Waals surface area (Å²) in [7, 11) is 3.21. The van der Waals surface area contributed by atoms with E-state index in [9.17, 15) is 5.11 Å². The molecular formula is C19H27N3O4. The van der Waals surface area contributed by atoms with Gasteiger partial charge in [-0.3, -0.25) is 0 Å². The fourth-order valence-electron chi connectivity index (χ4n) is 2.51. The summed E-state index contributed by atoms with van der Waals surface area (Å²) in [4.78, 5) is 4.57. The van der Waals surface area contributed by atoms with Crippen molar-refractivity contribution in [3.63, 3.8) is 0 Å². The standard InChI is InChI=1S/C19H27N3O4/c1-5-20-18(22-13-19(2,23)16-10-7-11-26-16)21-12-14-8-6-9-15(24-3)17(14)25-4/h6-11,23H,5,12-13H2,1-4H3,(H2,20,21,22). The lowest BCUT2D eigenvalue weighted by atomic mass is 10.0. The van der Waals surface area contributed by atoms with Crippen LogP contribution >= 0.6 is 0 Å². The van der Waals surface area contributed by atoms with Crippen molar-refractivity contribution >= 4 is 5.96 Å². The normalized spacial score (nSPS) is 13.8. The van der Waals surface area contributed by atoms with Crippen LogP contribution in [0, 0.1) is 0 Å². The highest BCUT2D eigenvalue weighted by molar-refractivity contribution is 5.79. The number of nitrogens with one attached hydrogen (secondary N) is 2. The van der Waals surface area contributed by atoms with Crippen molar-refractivity contribution < 1.29 is 19.0 Å². The molecular weight excluding hydrogens is 334 g/mol. The Labute approximate surface area is 154 Å². The van der Waals surface area contributed by atoms with Crippen LogP contribution in [-0.2, 0) is 12.1 Å². The molecule has 3 N–H and O–H groups in total. The van der Waals surface area contributed by atoms with Crippen molar-refractivity contribution in [2.45, 2.75) is 26.0 Å². The fraction of sp³-hybridized carbons (Fsp3) is 0.421. The highest BCUT2D eigenvalue weighted by Crippen LogP contribution is 2.31. The van der Waals surface area contributed by atoms with Crippen LogP contribution in [0.15, 0.2) is 46.0 Å². The molecule has 7 nitrogen and oxygen atoms in total. The maximum atomic E-state index is 10.6. The zero-order chi connectivity index (χ0) is 19.0. The van der Waals surface area contributed by atoms with Gasteiger partial charge >= 0.3 is 0 Å². The number of ether oxygens (including phenoxy) is 2. The van der Waals surface area contributed by atoms with E-state index in [4.69, 9.17) is 13.9 Å². The molecule has 1 heterocycles. The van der Waals surface area contributed by atoms with Crippen LogP contribution in [0.25, 0.3) is 0 Å². The molecule has 0 saturated heterocycles. The molecule has 2 aromatic rings. The summed E-state index contributed by atoms with van der Waals surface area (Å²) >= 11 is 0. The number of para-hydroxylation sites is 1. The van der Waals surface area contributed by atoms with Gasteiger partial charge < -0.3 is 29.6 Å². The minimum Gasteiger partial charge on any atom is -0.493 e. The van der Waals surface area contributed by atoms with Gasteiger partial charge in [-0.25, -0.2) is 4.99 Å². The van der Waals surface area contributed by atoms with Gasteiger partial charge in [0.2, 0.25) is 0 Å². The van der Waals surface area contributed by atoms with Gasteiger partial charge in [0.05, 0.1) is 33.6 Å². The van der Waals surface area contributed by atoms with Crippen LogP contribution in [0.3, 0.4) is 0 Å². The topological polar surface area (TPSA) is 88.3 Å². The molecule has 0 amide bonds. The Kier molecular flexibility index (Phi) is 6.91. The van der Waals surface area contributed by atoms with E-state index in [0.29, 0.717) is 36.3 Å². The van der Waals surface area contributed by atoms with E-state index in [1.807, 2.05) is 25.1 Å². The van der Waals surface area contributed by atoms with Crippen molar-refractivity contribution in [3.05, 3.63) is 47.9 Å². The van der Waals surface area contributed by atoms with Gasteiger partial charge in [-0.15, -0.1) is 0 Å². The van der Waals surface area contributed by atoms with Crippen LogP contribution in [0.4, 0.5) is 0 Å². The molecule has 0 radical (unpaired) electrons. The highest BCUT2D eigenvalue weighted by atomic mass is 16.5. The SMILES string of the molecule is CCNC(=NCc1cccc(OC)c1OC)NCC(C)(O)c1ccco1. The Hall–Kier alpha value is -2.67. The number of nitrogens with zero attached hydrogens (tertiary/aromatic N) is 1. The number of hydrogen-bond acceptors (Lipinski definition) is 5. The van der Waals surface area contributed by atoms with Crippen LogP contribution in [0.2, 0.25) is 0 Å². The summed E-state index contributed by atoms with van der Waals surface area (Å²) in [6.07, 6.45) is 1.54. The molecule has 1 unspecified atom stereocenters. The Morgan fingerprint density at radius 1 is 1.19 bits per heavy atom. The van der Waals surface area contributed by atoms with Gasteiger partial charge in [0, 0.05) is 12.1 Å². The first-order valence-electron chi connectivity index (χ1n) is 8.50. The second-order valence-corrected chi connectivity index (χ2v) is 5.95. The zero-order valence-electron chi connectivity index (χ0n) is 15.7. The maximum absolute atomic E-state index is 10.6. The van der Waals surface area contributed by atoms with E-state index in [0.717, 1.165) is 5.56 Å². The van der Waals surface area contributed by atoms with E-state index >= 15 is 0 Å². The molecule has 0 saturated carbocycles. The average molecular weight is 361 g/mol. The summed E-state index contributed by atoms with van der Waals surface area (Å²) in [5.74, 6) is 2.41. The second kappa shape index (κ2) is 9.15. The lowest BCUT2D eigenvalue weighted by Gasteiger charge is -2.22. The first-order chi connectivity index (χ1) is 12.5. The molecule has 1 aromatic heterocycles. The third kappa shape index (κ3) is 4.92. The van der Waals surface area contributed by atoms with E-state index in [1.54, 1.807) is 33.3 Å². The van der Waals surface area contributed by atoms with E-state index in [1.165, 1.54) is 6.26 Å². The average Bonchev–Trinajstić information content (AvgIpc) is 3.19. The molecule has 0 aliphatic rings. The van der Waals surface area contributed by atoms with Gasteiger partial charge in [-0.2, -0.15) is 0 Å². The maximum Gasteiger partial charge on any atom is 0.191 e. The third-order valence-electron chi connectivity index (χ3n) is 3.89. The number of hydrogen-bond donors (Lipinski definition) is 3. The molecule has 2 rings (SSSR count). The van der Waals surface area contributed by atoms with Crippen LogP contribution < -0.4 is 20.1 Å². The summed E-state index contributed by atoms with van der Waals surface area (Å²) in [5, 5.41) is 16.9. The molecule has 0 spiro atoms. The van der Waals surface area contributed by atoms with E-state index in [-0.39, 0.29) is 6.54 Å². The molecule has 1 atom stereocenters. The molecule has 0 aliphatic heterocycles. The first kappa shape index (κ1) is 19.7. The molecule has 26 heavy (non-hydrogen) atoms. The Morgan fingerprint density at radius 3 is 2.62 bits per heavy atom. The fourth-order valence-corrected chi connectivity index (χ4v) is 2.51. The summed E-state index contributed by atoms with van der Waals surface area (Å²) in [6, 6.07) is 9.17. The predicted octanol–water partition coefficient (Wildman–Crippen LogP) is 2.26. The van der Waals surface area contributed by atoms with Gasteiger partial charge in [-0.05, 0) is 32.0 Å². The zero-order valence-corrected chi connectivity index (χ0v) is 15.7. The van der Waals surface area contributed by atoms with Gasteiger partial charge in [0.15, 0.2) is 17.5 Å². The lowest BCUT2D eigenvalue weighted by molar-refractivity contribution is 0.0386. The predicted molar refractivity (Wildman–Crippen MR) is 101 cm³/mol. The van der Waals surface area contributed by atoms with Crippen molar-refractivity contribution in [1.82, 2.24) is 10.6 Å². The molecule has 1 aromatic carbocycles. The second-order valence-electron chi connectivity index (χ2n) is 5.95. The molecule has 0 bridgehead atoms. The van der Waals surface area contributed by atoms with Crippen molar-refractivity contribution in [2.24, 2.45) is 4.99 Å². The Balaban J connectivity index is 2.10. The van der Waals surface area contributed by atoms with Crippen molar-refractivity contribution in [3.8, 4) is 11.5 Å². The van der Waals surface area contributed by atoms with Crippen LogP contribution in [-0.4, -0.2) is 38.4 Å². The number of aliphatic imine (C=N–C) groups is 1. The summed E-state index contributed by atoms with van der Waals surface area (Å²) in [5.41, 5.74) is -0.241. The molecule has 7 heteroatoms. The molecule has 142 valence electrons. The minimum absolute atomic E-state index is 0.252. The van der Waals surface area contributed by atoms with E-state index < -0.39 is 5.60 Å². The Bertz CT molecular complexity index is 712. The first-order valence-corrected chi connectivity index (χ1v) is 8.50. The van der Waals surface area contributed by atoms with Gasteiger partial charge in [0.1, 0.15) is 11.4 Å². The van der Waals surface area contributed by atoms with Crippen molar-refractivity contribution in [2.75, 3.05) is 27.3 Å². The van der Waals surface area contributed by atoms with E-state index in [2.05, 4.69) is 15.6 Å². The Morgan fingerprint density at radius 2 is 2.00 bits per heavy atom. The largest absolute Gasteiger partial charge is 0.493 e. The molecule has 0 fully saturated rings. The van der Waals surface area contributed by atoms with Gasteiger partial charge in [0.25, 0.3) is 0 Å². The van der Waals surface area contributed by atoms with Crippen LogP contribution in [0.5, 0.6) is 11.5 Å². The number of aliphatic hydroxyl groups is 1. The number of methoxy groups -OCH3 is 2. The van der Waals surface area contributed by atoms with Gasteiger partial charge in [-0.1, -0.05) is 12.1 Å². The smallest absolute Gasteiger partial charge is 0.191 e. The van der Waals surface area contributed by atoms with Crippen molar-refractivity contribution in [1.29, 1.82) is 0 Å². The number of furan rings is 1. The van der Waals surface area contributed by atoms with Crippen LogP contribution in [0.1, 0.15) is 25.2 Å². The highest BCUT2D eigenvalue weighted by Gasteiger charge is 2.26. The summed E-state index contributed by atoms with van der Waals surface area (Å²) in [6.45, 7) is 5.02. The monoisotopic (exact) mass is 361 g/mol. The minimum atomic E-state index is -1.15. The molecule has 0 aliphatic carbocycles. The third-order valence-corrected chi connectivity index (χ3v) is 3.89. The number of benzene rings is 1.